The summed E-state index contributed by atoms with van der Waals surface area (Å²) in [7, 11) is 0. The zero-order valence-corrected chi connectivity index (χ0v) is 10.6. The van der Waals surface area contributed by atoms with Gasteiger partial charge in [0.2, 0.25) is 0 Å². The summed E-state index contributed by atoms with van der Waals surface area (Å²) in [4.78, 5) is 11.5. The number of halogens is 2. The summed E-state index contributed by atoms with van der Waals surface area (Å²) in [5, 5.41) is 0. The van der Waals surface area contributed by atoms with Crippen molar-refractivity contribution >= 4 is 11.9 Å². The van der Waals surface area contributed by atoms with Crippen LogP contribution < -0.4 is 0 Å². The molecule has 1 nitrogen and oxygen atoms in total. The summed E-state index contributed by atoms with van der Waals surface area (Å²) in [6.45, 7) is 2.11. The number of allylic oxidation sites excluding steroid dienone is 1. The molecular formula is C15H18F2O. The normalized spacial score (nSPS) is 11.1. The average Bonchev–Trinajstić information content (AvgIpc) is 2.31. The fourth-order valence-corrected chi connectivity index (χ4v) is 1.67. The standard InChI is InChI=1S/C15H18F2O/c1-2-3-4-5-6-15(18)8-7-12-9-13(16)11-14(17)10-12/h7-11H,2-6H2,1H3. The van der Waals surface area contributed by atoms with Gasteiger partial charge in [0.25, 0.3) is 0 Å². The van der Waals surface area contributed by atoms with E-state index < -0.39 is 11.6 Å². The van der Waals surface area contributed by atoms with Gasteiger partial charge in [0.15, 0.2) is 5.78 Å². The smallest absolute Gasteiger partial charge is 0.155 e. The van der Waals surface area contributed by atoms with Crippen LogP contribution in [0.2, 0.25) is 0 Å². The molecule has 0 fully saturated rings. The van der Waals surface area contributed by atoms with E-state index in [0.717, 1.165) is 31.7 Å². The number of rotatable bonds is 7. The number of unbranched alkanes of at least 4 members (excludes halogenated alkanes) is 3. The highest BCUT2D eigenvalue weighted by atomic mass is 19.1. The summed E-state index contributed by atoms with van der Waals surface area (Å²) >= 11 is 0. The zero-order valence-electron chi connectivity index (χ0n) is 10.6. The van der Waals surface area contributed by atoms with E-state index >= 15 is 0 Å². The van der Waals surface area contributed by atoms with Crippen LogP contribution in [0.3, 0.4) is 0 Å². The van der Waals surface area contributed by atoms with Crippen molar-refractivity contribution in [3.8, 4) is 0 Å². The Morgan fingerprint density at radius 3 is 2.39 bits per heavy atom. The third-order valence-corrected chi connectivity index (χ3v) is 2.62. The Kier molecular flexibility index (Phi) is 6.26. The third kappa shape index (κ3) is 5.71. The number of benzene rings is 1. The van der Waals surface area contributed by atoms with Crippen LogP contribution in [0.25, 0.3) is 6.08 Å². The SMILES string of the molecule is CCCCCCC(=O)C=Cc1cc(F)cc(F)c1. The lowest BCUT2D eigenvalue weighted by atomic mass is 10.1. The van der Waals surface area contributed by atoms with E-state index in [1.807, 2.05) is 0 Å². The lowest BCUT2D eigenvalue weighted by molar-refractivity contribution is -0.114. The second-order valence-corrected chi connectivity index (χ2v) is 4.31. The van der Waals surface area contributed by atoms with Crippen LogP contribution in [-0.4, -0.2) is 5.78 Å². The molecule has 0 bridgehead atoms. The molecule has 18 heavy (non-hydrogen) atoms. The predicted molar refractivity (Wildman–Crippen MR) is 69.2 cm³/mol. The summed E-state index contributed by atoms with van der Waals surface area (Å²) in [5.74, 6) is -1.27. The summed E-state index contributed by atoms with van der Waals surface area (Å²) in [6, 6.07) is 3.21. The molecule has 0 amide bonds. The second kappa shape index (κ2) is 7.75. The maximum absolute atomic E-state index is 12.9. The van der Waals surface area contributed by atoms with Gasteiger partial charge < -0.3 is 0 Å². The number of carbonyl (C=O) groups is 1. The third-order valence-electron chi connectivity index (χ3n) is 2.62. The highest BCUT2D eigenvalue weighted by Gasteiger charge is 1.99. The summed E-state index contributed by atoms with van der Waals surface area (Å²) < 4.78 is 25.8. The van der Waals surface area contributed by atoms with Crippen molar-refractivity contribution in [1.82, 2.24) is 0 Å². The Bertz CT molecular complexity index is 404. The first-order valence-electron chi connectivity index (χ1n) is 6.29. The molecule has 0 saturated carbocycles. The minimum absolute atomic E-state index is 0.00391. The van der Waals surface area contributed by atoms with Crippen LogP contribution >= 0.6 is 0 Å². The highest BCUT2D eigenvalue weighted by molar-refractivity contribution is 5.93. The molecule has 0 spiro atoms. The second-order valence-electron chi connectivity index (χ2n) is 4.31. The minimum Gasteiger partial charge on any atom is -0.295 e. The van der Waals surface area contributed by atoms with Gasteiger partial charge in [-0.25, -0.2) is 8.78 Å². The van der Waals surface area contributed by atoms with Crippen molar-refractivity contribution in [3.05, 3.63) is 41.5 Å². The Balaban J connectivity index is 2.45. The first-order chi connectivity index (χ1) is 8.61. The molecule has 0 unspecified atom stereocenters. The van der Waals surface area contributed by atoms with Gasteiger partial charge in [0.1, 0.15) is 11.6 Å². The first kappa shape index (κ1) is 14.6. The fourth-order valence-electron chi connectivity index (χ4n) is 1.67. The van der Waals surface area contributed by atoms with Crippen molar-refractivity contribution in [2.45, 2.75) is 39.0 Å². The molecule has 0 aliphatic rings. The molecule has 1 rings (SSSR count). The molecule has 0 N–H and O–H groups in total. The molecule has 0 aromatic heterocycles. The largest absolute Gasteiger partial charge is 0.295 e. The monoisotopic (exact) mass is 252 g/mol. The molecule has 3 heteroatoms. The van der Waals surface area contributed by atoms with E-state index in [1.165, 1.54) is 24.3 Å². The zero-order chi connectivity index (χ0) is 13.4. The van der Waals surface area contributed by atoms with Crippen molar-refractivity contribution < 1.29 is 13.6 Å². The lowest BCUT2D eigenvalue weighted by Crippen LogP contribution is -1.92. The van der Waals surface area contributed by atoms with E-state index in [2.05, 4.69) is 6.92 Å². The molecule has 0 heterocycles. The molecule has 1 aromatic rings. The van der Waals surface area contributed by atoms with Crippen LogP contribution in [-0.2, 0) is 4.79 Å². The van der Waals surface area contributed by atoms with Crippen molar-refractivity contribution in [2.24, 2.45) is 0 Å². The van der Waals surface area contributed by atoms with E-state index in [4.69, 9.17) is 0 Å². The fraction of sp³-hybridized carbons (Fsp3) is 0.400. The maximum atomic E-state index is 12.9. The number of carbonyl (C=O) groups excluding carboxylic acids is 1. The van der Waals surface area contributed by atoms with Gasteiger partial charge in [0, 0.05) is 12.5 Å². The van der Waals surface area contributed by atoms with Crippen LogP contribution in [0.4, 0.5) is 8.78 Å². The van der Waals surface area contributed by atoms with Gasteiger partial charge in [-0.05, 0) is 30.2 Å². The predicted octanol–water partition coefficient (Wildman–Crippen LogP) is 4.52. The van der Waals surface area contributed by atoms with E-state index in [0.29, 0.717) is 12.0 Å². The Labute approximate surface area is 107 Å². The molecule has 0 saturated heterocycles. The Morgan fingerprint density at radius 1 is 1.11 bits per heavy atom. The van der Waals surface area contributed by atoms with E-state index in [1.54, 1.807) is 0 Å². The van der Waals surface area contributed by atoms with Crippen LogP contribution in [0.1, 0.15) is 44.6 Å². The molecule has 0 aliphatic carbocycles. The van der Waals surface area contributed by atoms with Gasteiger partial charge in [0.05, 0.1) is 0 Å². The minimum atomic E-state index is -0.634. The van der Waals surface area contributed by atoms with Gasteiger partial charge in [-0.15, -0.1) is 0 Å². The van der Waals surface area contributed by atoms with Crippen LogP contribution in [0, 0.1) is 11.6 Å². The number of hydrogen-bond acceptors (Lipinski definition) is 1. The van der Waals surface area contributed by atoms with Crippen molar-refractivity contribution in [2.75, 3.05) is 0 Å². The number of hydrogen-bond donors (Lipinski definition) is 0. The van der Waals surface area contributed by atoms with Gasteiger partial charge in [-0.3, -0.25) is 4.79 Å². The quantitative estimate of drug-likeness (QED) is 0.515. The first-order valence-corrected chi connectivity index (χ1v) is 6.29. The van der Waals surface area contributed by atoms with Crippen LogP contribution in [0.5, 0.6) is 0 Å². The van der Waals surface area contributed by atoms with Crippen molar-refractivity contribution in [3.63, 3.8) is 0 Å². The highest BCUT2D eigenvalue weighted by Crippen LogP contribution is 2.10. The van der Waals surface area contributed by atoms with Gasteiger partial charge in [-0.1, -0.05) is 32.3 Å². The van der Waals surface area contributed by atoms with Crippen LogP contribution in [0.15, 0.2) is 24.3 Å². The Hall–Kier alpha value is -1.51. The Morgan fingerprint density at radius 2 is 1.78 bits per heavy atom. The average molecular weight is 252 g/mol. The maximum Gasteiger partial charge on any atom is 0.155 e. The summed E-state index contributed by atoms with van der Waals surface area (Å²) in [6.07, 6.45) is 7.51. The lowest BCUT2D eigenvalue weighted by Gasteiger charge is -1.97. The summed E-state index contributed by atoms with van der Waals surface area (Å²) in [5.41, 5.74) is 0.370. The molecule has 98 valence electrons. The van der Waals surface area contributed by atoms with E-state index in [9.17, 15) is 13.6 Å². The van der Waals surface area contributed by atoms with E-state index in [-0.39, 0.29) is 5.78 Å². The number of ketones is 1. The molecule has 0 aliphatic heterocycles. The molecule has 0 atom stereocenters. The molecule has 0 radical (unpaired) electrons. The molecular weight excluding hydrogens is 234 g/mol. The van der Waals surface area contributed by atoms with Gasteiger partial charge >= 0.3 is 0 Å². The van der Waals surface area contributed by atoms with Gasteiger partial charge in [-0.2, -0.15) is 0 Å². The topological polar surface area (TPSA) is 17.1 Å². The van der Waals surface area contributed by atoms with Crippen molar-refractivity contribution in [1.29, 1.82) is 0 Å². The molecule has 1 aromatic carbocycles.